The molecule has 0 saturated heterocycles. The monoisotopic (exact) mass is 222 g/mol. The smallest absolute Gasteiger partial charge is 0.246 e. The lowest BCUT2D eigenvalue weighted by atomic mass is 10.3. The van der Waals surface area contributed by atoms with E-state index in [4.69, 9.17) is 10.8 Å². The van der Waals surface area contributed by atoms with Gasteiger partial charge in [0.05, 0.1) is 19.1 Å². The standard InChI is InChI=1S/C8H10N6O2/c9-4(2-15)7(16)14-8-10-1-5-6(13-8)12-3-11-5/h1,3-4,15H,2,9H2,(H2,10,11,12,13,14,16)/t4-/m0/s1. The summed E-state index contributed by atoms with van der Waals surface area (Å²) in [4.78, 5) is 25.9. The van der Waals surface area contributed by atoms with Crippen molar-refractivity contribution < 1.29 is 9.90 Å². The lowest BCUT2D eigenvalue weighted by Crippen LogP contribution is -2.38. The van der Waals surface area contributed by atoms with Crippen LogP contribution in [0.5, 0.6) is 0 Å². The number of H-pyrrole nitrogens is 1. The summed E-state index contributed by atoms with van der Waals surface area (Å²) >= 11 is 0. The number of aromatic amines is 1. The highest BCUT2D eigenvalue weighted by atomic mass is 16.3. The van der Waals surface area contributed by atoms with E-state index in [1.54, 1.807) is 0 Å². The second kappa shape index (κ2) is 4.21. The van der Waals surface area contributed by atoms with Gasteiger partial charge in [0.1, 0.15) is 11.6 Å². The molecule has 2 aromatic heterocycles. The predicted molar refractivity (Wildman–Crippen MR) is 55.4 cm³/mol. The summed E-state index contributed by atoms with van der Waals surface area (Å²) in [6, 6.07) is -0.988. The number of aromatic nitrogens is 4. The van der Waals surface area contributed by atoms with E-state index in [1.807, 2.05) is 0 Å². The largest absolute Gasteiger partial charge is 0.394 e. The number of rotatable bonds is 3. The first-order valence-corrected chi connectivity index (χ1v) is 4.54. The molecule has 16 heavy (non-hydrogen) atoms. The van der Waals surface area contributed by atoms with Crippen LogP contribution < -0.4 is 11.1 Å². The molecular weight excluding hydrogens is 212 g/mol. The third-order valence-corrected chi connectivity index (χ3v) is 1.94. The summed E-state index contributed by atoms with van der Waals surface area (Å²) in [5, 5.41) is 11.1. The first kappa shape index (κ1) is 10.5. The zero-order valence-electron chi connectivity index (χ0n) is 8.21. The predicted octanol–water partition coefficient (Wildman–Crippen LogP) is -1.39. The SMILES string of the molecule is N[C@@H](CO)C(=O)Nc1ncc2[nH]cnc2n1. The molecular formula is C8H10N6O2. The lowest BCUT2D eigenvalue weighted by molar-refractivity contribution is -0.118. The number of imidazole rings is 1. The Hall–Kier alpha value is -2.06. The number of nitrogens with two attached hydrogens (primary N) is 1. The first-order valence-electron chi connectivity index (χ1n) is 4.54. The molecule has 0 fully saturated rings. The number of aliphatic hydroxyl groups excluding tert-OH is 1. The number of fused-ring (bicyclic) bond motifs is 1. The molecule has 0 bridgehead atoms. The van der Waals surface area contributed by atoms with Gasteiger partial charge in [-0.05, 0) is 0 Å². The van der Waals surface area contributed by atoms with Crippen LogP contribution in [0.4, 0.5) is 5.95 Å². The van der Waals surface area contributed by atoms with E-state index in [2.05, 4.69) is 25.3 Å². The van der Waals surface area contributed by atoms with Crippen molar-refractivity contribution in [1.82, 2.24) is 19.9 Å². The number of aliphatic hydroxyl groups is 1. The Morgan fingerprint density at radius 2 is 2.44 bits per heavy atom. The number of anilines is 1. The van der Waals surface area contributed by atoms with Gasteiger partial charge in [-0.2, -0.15) is 4.98 Å². The van der Waals surface area contributed by atoms with Gasteiger partial charge in [0, 0.05) is 0 Å². The fraction of sp³-hybridized carbons (Fsp3) is 0.250. The van der Waals surface area contributed by atoms with Gasteiger partial charge in [0.15, 0.2) is 5.65 Å². The highest BCUT2D eigenvalue weighted by Crippen LogP contribution is 2.06. The molecule has 0 saturated carbocycles. The molecule has 84 valence electrons. The van der Waals surface area contributed by atoms with Crippen LogP contribution in [0.15, 0.2) is 12.5 Å². The van der Waals surface area contributed by atoms with Gasteiger partial charge in [-0.15, -0.1) is 0 Å². The molecule has 2 heterocycles. The third kappa shape index (κ3) is 1.97. The average Bonchev–Trinajstić information content (AvgIpc) is 2.75. The van der Waals surface area contributed by atoms with Gasteiger partial charge < -0.3 is 15.8 Å². The zero-order chi connectivity index (χ0) is 11.5. The van der Waals surface area contributed by atoms with E-state index in [0.29, 0.717) is 11.2 Å². The van der Waals surface area contributed by atoms with Gasteiger partial charge in [-0.3, -0.25) is 10.1 Å². The summed E-state index contributed by atoms with van der Waals surface area (Å²) in [6.07, 6.45) is 2.97. The molecule has 0 unspecified atom stereocenters. The van der Waals surface area contributed by atoms with Crippen molar-refractivity contribution >= 4 is 23.0 Å². The van der Waals surface area contributed by atoms with Gasteiger partial charge >= 0.3 is 0 Å². The highest BCUT2D eigenvalue weighted by Gasteiger charge is 2.13. The van der Waals surface area contributed by atoms with Crippen LogP contribution in [0.25, 0.3) is 11.2 Å². The van der Waals surface area contributed by atoms with Crippen molar-refractivity contribution in [3.8, 4) is 0 Å². The minimum atomic E-state index is -0.988. The zero-order valence-corrected chi connectivity index (χ0v) is 8.21. The van der Waals surface area contributed by atoms with E-state index < -0.39 is 18.6 Å². The summed E-state index contributed by atoms with van der Waals surface area (Å²) in [6.45, 7) is -0.434. The average molecular weight is 222 g/mol. The second-order valence-electron chi connectivity index (χ2n) is 3.11. The van der Waals surface area contributed by atoms with Crippen molar-refractivity contribution in [2.75, 3.05) is 11.9 Å². The van der Waals surface area contributed by atoms with Crippen LogP contribution in [-0.4, -0.2) is 43.6 Å². The molecule has 2 rings (SSSR count). The van der Waals surface area contributed by atoms with Crippen LogP contribution in [-0.2, 0) is 4.79 Å². The molecule has 1 amide bonds. The van der Waals surface area contributed by atoms with Gasteiger partial charge in [0.2, 0.25) is 11.9 Å². The summed E-state index contributed by atoms with van der Waals surface area (Å²) in [7, 11) is 0. The number of hydrogen-bond acceptors (Lipinski definition) is 6. The minimum Gasteiger partial charge on any atom is -0.394 e. The third-order valence-electron chi connectivity index (χ3n) is 1.94. The van der Waals surface area contributed by atoms with Crippen molar-refractivity contribution in [3.63, 3.8) is 0 Å². The van der Waals surface area contributed by atoms with Crippen molar-refractivity contribution in [2.24, 2.45) is 5.73 Å². The molecule has 2 aromatic rings. The number of carbonyl (C=O) groups is 1. The minimum absolute atomic E-state index is 0.105. The van der Waals surface area contributed by atoms with Crippen LogP contribution in [0, 0.1) is 0 Å². The first-order chi connectivity index (χ1) is 7.70. The van der Waals surface area contributed by atoms with Gasteiger partial charge in [-0.1, -0.05) is 0 Å². The molecule has 0 aliphatic rings. The normalized spacial score (nSPS) is 12.6. The van der Waals surface area contributed by atoms with E-state index in [1.165, 1.54) is 12.5 Å². The Morgan fingerprint density at radius 3 is 3.19 bits per heavy atom. The Labute approximate surface area is 89.9 Å². The summed E-state index contributed by atoms with van der Waals surface area (Å²) in [5.41, 5.74) is 6.44. The Bertz CT molecular complexity index is 510. The maximum Gasteiger partial charge on any atom is 0.246 e. The fourth-order valence-electron chi connectivity index (χ4n) is 1.08. The number of hydrogen-bond donors (Lipinski definition) is 4. The van der Waals surface area contributed by atoms with Crippen molar-refractivity contribution in [3.05, 3.63) is 12.5 Å². The number of nitrogens with zero attached hydrogens (tertiary/aromatic N) is 3. The Balaban J connectivity index is 2.17. The molecule has 5 N–H and O–H groups in total. The van der Waals surface area contributed by atoms with E-state index >= 15 is 0 Å². The molecule has 8 nitrogen and oxygen atoms in total. The number of nitrogens with one attached hydrogen (secondary N) is 2. The maximum atomic E-state index is 11.3. The van der Waals surface area contributed by atoms with Crippen LogP contribution in [0.1, 0.15) is 0 Å². The fourth-order valence-corrected chi connectivity index (χ4v) is 1.08. The molecule has 1 atom stereocenters. The highest BCUT2D eigenvalue weighted by molar-refractivity contribution is 5.93. The summed E-state index contributed by atoms with van der Waals surface area (Å²) < 4.78 is 0. The molecule has 8 heteroatoms. The summed E-state index contributed by atoms with van der Waals surface area (Å²) in [5.74, 6) is -0.439. The molecule has 0 radical (unpaired) electrons. The Kier molecular flexibility index (Phi) is 2.75. The van der Waals surface area contributed by atoms with Crippen molar-refractivity contribution in [1.29, 1.82) is 0 Å². The Morgan fingerprint density at radius 1 is 1.62 bits per heavy atom. The van der Waals surface area contributed by atoms with Gasteiger partial charge in [0.25, 0.3) is 0 Å². The van der Waals surface area contributed by atoms with Crippen LogP contribution >= 0.6 is 0 Å². The second-order valence-corrected chi connectivity index (χ2v) is 3.11. The maximum absolute atomic E-state index is 11.3. The number of carbonyl (C=O) groups excluding carboxylic acids is 1. The van der Waals surface area contributed by atoms with Crippen molar-refractivity contribution in [2.45, 2.75) is 6.04 Å². The molecule has 0 aliphatic carbocycles. The number of amides is 1. The topological polar surface area (TPSA) is 130 Å². The van der Waals surface area contributed by atoms with Gasteiger partial charge in [-0.25, -0.2) is 9.97 Å². The molecule has 0 aromatic carbocycles. The quantitative estimate of drug-likeness (QED) is 0.506. The van der Waals surface area contributed by atoms with E-state index in [-0.39, 0.29) is 5.95 Å². The lowest BCUT2D eigenvalue weighted by Gasteiger charge is -2.07. The molecule has 0 aliphatic heterocycles. The van der Waals surface area contributed by atoms with E-state index in [0.717, 1.165) is 0 Å². The van der Waals surface area contributed by atoms with Crippen LogP contribution in [0.2, 0.25) is 0 Å². The van der Waals surface area contributed by atoms with E-state index in [9.17, 15) is 4.79 Å². The molecule has 0 spiro atoms. The van der Waals surface area contributed by atoms with Crippen LogP contribution in [0.3, 0.4) is 0 Å².